The van der Waals surface area contributed by atoms with E-state index in [1.807, 2.05) is 6.92 Å². The first-order chi connectivity index (χ1) is 13.9. The third-order valence-electron chi connectivity index (χ3n) is 4.29. The molecule has 0 radical (unpaired) electrons. The topological polar surface area (TPSA) is 147 Å². The van der Waals surface area contributed by atoms with Crippen LogP contribution in [0.4, 0.5) is 0 Å². The van der Waals surface area contributed by atoms with Crippen molar-refractivity contribution in [2.45, 2.75) is 35.6 Å². The molecule has 4 heterocycles. The zero-order valence-electron chi connectivity index (χ0n) is 15.1. The van der Waals surface area contributed by atoms with Crippen LogP contribution in [0.15, 0.2) is 21.6 Å². The van der Waals surface area contributed by atoms with Crippen LogP contribution in [-0.2, 0) is 14.4 Å². The minimum Gasteiger partial charge on any atom is -0.479 e. The van der Waals surface area contributed by atoms with Crippen LogP contribution >= 0.6 is 34.9 Å². The number of aryl methyl sites for hydroxylation is 1. The van der Waals surface area contributed by atoms with E-state index in [1.54, 1.807) is 5.41 Å². The van der Waals surface area contributed by atoms with Gasteiger partial charge in [-0.2, -0.15) is 0 Å². The number of thioether (sulfide) groups is 2. The summed E-state index contributed by atoms with van der Waals surface area (Å²) in [6, 6.07) is -1.99. The number of carbonyl (C=O) groups is 3. The Bertz CT molecular complexity index is 993. The van der Waals surface area contributed by atoms with Crippen molar-refractivity contribution in [1.82, 2.24) is 35.4 Å². The second-order valence-electron chi connectivity index (χ2n) is 6.12. The maximum atomic E-state index is 12.9. The largest absolute Gasteiger partial charge is 0.479 e. The minimum atomic E-state index is -1.13. The van der Waals surface area contributed by atoms with Gasteiger partial charge in [0.05, 0.1) is 0 Å². The van der Waals surface area contributed by atoms with Crippen LogP contribution in [0.1, 0.15) is 11.9 Å². The van der Waals surface area contributed by atoms with Gasteiger partial charge in [-0.25, -0.2) is 9.80 Å². The average molecular weight is 455 g/mol. The maximum absolute atomic E-state index is 12.9. The van der Waals surface area contributed by atoms with E-state index < -0.39 is 35.2 Å². The number of hydrogen-bond donors (Lipinski definition) is 1. The van der Waals surface area contributed by atoms with Gasteiger partial charge in [-0.1, -0.05) is 23.1 Å². The number of carbonyl (C=O) groups excluding carboxylic acids is 2. The van der Waals surface area contributed by atoms with E-state index in [2.05, 4.69) is 25.7 Å². The lowest BCUT2D eigenvalue weighted by Gasteiger charge is -2.53. The molecule has 2 aliphatic rings. The van der Waals surface area contributed by atoms with E-state index in [-0.39, 0.29) is 0 Å². The highest BCUT2D eigenvalue weighted by Crippen LogP contribution is 2.43. The Hall–Kier alpha value is -2.52. The molecule has 2 amide bonds. The van der Waals surface area contributed by atoms with E-state index in [0.29, 0.717) is 11.3 Å². The minimum absolute atomic E-state index is 0.364. The highest BCUT2D eigenvalue weighted by Gasteiger charge is 2.59. The quantitative estimate of drug-likeness (QED) is 0.454. The van der Waals surface area contributed by atoms with Crippen molar-refractivity contribution >= 4 is 52.6 Å². The van der Waals surface area contributed by atoms with Crippen LogP contribution in [0.2, 0.25) is 0 Å². The van der Waals surface area contributed by atoms with Gasteiger partial charge in [0.1, 0.15) is 10.4 Å². The number of carboxylic acids is 1. The third-order valence-corrected chi connectivity index (χ3v) is 7.53. The van der Waals surface area contributed by atoms with E-state index in [1.165, 1.54) is 53.0 Å². The van der Waals surface area contributed by atoms with Gasteiger partial charge >= 0.3 is 5.97 Å². The highest BCUT2D eigenvalue weighted by atomic mass is 32.2. The molecule has 0 bridgehead atoms. The smallest absolute Gasteiger partial charge is 0.330 e. The first-order valence-electron chi connectivity index (χ1n) is 8.24. The summed E-state index contributed by atoms with van der Waals surface area (Å²) >= 11 is 4.09. The molecule has 4 rings (SSSR count). The van der Waals surface area contributed by atoms with E-state index in [9.17, 15) is 19.5 Å². The molecular weight excluding hydrogens is 440 g/mol. The van der Waals surface area contributed by atoms with Gasteiger partial charge in [0, 0.05) is 12.7 Å². The molecule has 1 unspecified atom stereocenters. The number of hydrogen-bond acceptors (Lipinski definition) is 11. The summed E-state index contributed by atoms with van der Waals surface area (Å²) < 4.78 is 0.730. The number of aromatic nitrogens is 6. The Labute approximate surface area is 176 Å². The molecule has 12 nitrogen and oxygen atoms in total. The molecule has 0 saturated carbocycles. The summed E-state index contributed by atoms with van der Waals surface area (Å²) in [5.41, 5.74) is 0.584. The summed E-state index contributed by atoms with van der Waals surface area (Å²) in [6.45, 7) is 3.13. The molecule has 1 N–H and O–H groups in total. The fraction of sp³-hybridized carbons (Fsp3) is 0.429. The molecule has 1 fully saturated rings. The third kappa shape index (κ3) is 3.49. The number of aliphatic carboxylic acids is 1. The van der Waals surface area contributed by atoms with Gasteiger partial charge < -0.3 is 10.0 Å². The van der Waals surface area contributed by atoms with E-state index in [0.717, 1.165) is 19.1 Å². The average Bonchev–Trinajstić information content (AvgIpc) is 3.34. The standard InChI is InChI=1S/C14H14N8O4S3/c1-6-16-17-14(29-6)28-4-8-3-27-12-10(11(24)21(12)9(8)13(25)26)22(7(2)23)20-5-15-18-19-20/h3,5,9-10,12H,4H2,1-2H3,(H,25,26)/t9-,10?,12+/m1/s1. The molecular formula is C14H14N8O4S3. The second-order valence-corrected chi connectivity index (χ2v) is 9.51. The summed E-state index contributed by atoms with van der Waals surface area (Å²) in [7, 11) is 0. The van der Waals surface area contributed by atoms with Gasteiger partial charge in [-0.05, 0) is 28.3 Å². The van der Waals surface area contributed by atoms with Crippen LogP contribution in [0.25, 0.3) is 0 Å². The second kappa shape index (κ2) is 7.72. The molecule has 2 aromatic heterocycles. The van der Waals surface area contributed by atoms with Gasteiger partial charge in [-0.15, -0.1) is 31.8 Å². The summed E-state index contributed by atoms with van der Waals surface area (Å²) in [4.78, 5) is 39.4. The number of nitrogens with zero attached hydrogens (tertiary/aromatic N) is 8. The summed E-state index contributed by atoms with van der Waals surface area (Å²) in [6.07, 6.45) is 1.21. The molecule has 0 aliphatic carbocycles. The van der Waals surface area contributed by atoms with Crippen molar-refractivity contribution in [1.29, 1.82) is 0 Å². The van der Waals surface area contributed by atoms with Gasteiger partial charge in [0.15, 0.2) is 22.8 Å². The Morgan fingerprint density at radius 2 is 2.17 bits per heavy atom. The number of carboxylic acid groups (broad SMARTS) is 1. The van der Waals surface area contributed by atoms with Crippen LogP contribution in [0.5, 0.6) is 0 Å². The number of fused-ring (bicyclic) bond motifs is 1. The zero-order chi connectivity index (χ0) is 20.7. The fourth-order valence-corrected chi connectivity index (χ4v) is 6.29. The molecule has 0 spiro atoms. The van der Waals surface area contributed by atoms with Crippen LogP contribution in [0, 0.1) is 6.92 Å². The molecule has 2 aromatic rings. The number of β-lactam (4-membered cyclic amide) rings is 1. The van der Waals surface area contributed by atoms with Gasteiger partial charge in [0.2, 0.25) is 5.91 Å². The van der Waals surface area contributed by atoms with Crippen molar-refractivity contribution in [3.8, 4) is 0 Å². The molecule has 1 saturated heterocycles. The zero-order valence-corrected chi connectivity index (χ0v) is 17.5. The predicted molar refractivity (Wildman–Crippen MR) is 104 cm³/mol. The summed E-state index contributed by atoms with van der Waals surface area (Å²) in [5, 5.41) is 31.6. The SMILES string of the molecule is CC(=O)N(C1C(=O)N2[C@@H](C(=O)O)C(CSc3nnc(C)s3)=CS[C@@H]12)n1cnnn1. The Morgan fingerprint density at radius 1 is 1.38 bits per heavy atom. The molecule has 152 valence electrons. The number of rotatable bonds is 6. The van der Waals surface area contributed by atoms with E-state index in [4.69, 9.17) is 0 Å². The monoisotopic (exact) mass is 454 g/mol. The first-order valence-corrected chi connectivity index (χ1v) is 11.0. The molecule has 0 aromatic carbocycles. The normalized spacial score (nSPS) is 23.2. The molecule has 29 heavy (non-hydrogen) atoms. The highest BCUT2D eigenvalue weighted by molar-refractivity contribution is 8.03. The van der Waals surface area contributed by atoms with Crippen molar-refractivity contribution < 1.29 is 19.5 Å². The predicted octanol–water partition coefficient (Wildman–Crippen LogP) is -0.269. The Kier molecular flexibility index (Phi) is 5.26. The van der Waals surface area contributed by atoms with Crippen molar-refractivity contribution in [2.75, 3.05) is 10.8 Å². The molecule has 15 heteroatoms. The number of tetrazole rings is 1. The lowest BCUT2D eigenvalue weighted by molar-refractivity contribution is -0.159. The lowest BCUT2D eigenvalue weighted by Crippen LogP contribution is -2.76. The maximum Gasteiger partial charge on any atom is 0.330 e. The van der Waals surface area contributed by atoms with Crippen molar-refractivity contribution in [3.05, 3.63) is 22.3 Å². The summed E-state index contributed by atoms with van der Waals surface area (Å²) in [5.74, 6) is -1.66. The molecule has 3 atom stereocenters. The fourth-order valence-electron chi connectivity index (χ4n) is 3.11. The van der Waals surface area contributed by atoms with E-state index >= 15 is 0 Å². The Morgan fingerprint density at radius 3 is 2.76 bits per heavy atom. The molecule has 2 aliphatic heterocycles. The van der Waals surface area contributed by atoms with Crippen LogP contribution in [-0.4, -0.2) is 81.5 Å². The Balaban J connectivity index is 1.56. The number of amides is 2. The van der Waals surface area contributed by atoms with Crippen LogP contribution in [0.3, 0.4) is 0 Å². The van der Waals surface area contributed by atoms with Crippen molar-refractivity contribution in [2.24, 2.45) is 0 Å². The van der Waals surface area contributed by atoms with Crippen LogP contribution < -0.4 is 5.01 Å². The van der Waals surface area contributed by atoms with Gasteiger partial charge in [0.25, 0.3) is 5.91 Å². The van der Waals surface area contributed by atoms with Gasteiger partial charge in [-0.3, -0.25) is 9.59 Å². The first kappa shape index (κ1) is 19.8. The van der Waals surface area contributed by atoms with Crippen molar-refractivity contribution in [3.63, 3.8) is 0 Å². The lowest BCUT2D eigenvalue weighted by atomic mass is 9.98.